The summed E-state index contributed by atoms with van der Waals surface area (Å²) in [5, 5.41) is 2.87. The Hall–Kier alpha value is -0.730. The van der Waals surface area contributed by atoms with Gasteiger partial charge in [-0.15, -0.1) is 0 Å². The van der Waals surface area contributed by atoms with Crippen LogP contribution in [0.2, 0.25) is 0 Å². The summed E-state index contributed by atoms with van der Waals surface area (Å²) in [5.41, 5.74) is 0. The molecule has 0 spiro atoms. The van der Waals surface area contributed by atoms with Crippen molar-refractivity contribution in [2.75, 3.05) is 6.61 Å². The van der Waals surface area contributed by atoms with E-state index in [0.29, 0.717) is 18.6 Å². The molecule has 1 amide bonds. The van der Waals surface area contributed by atoms with E-state index in [-0.39, 0.29) is 6.09 Å². The largest absolute Gasteiger partial charge is 0.450 e. The molecule has 0 aromatic rings. The third-order valence-corrected chi connectivity index (χ3v) is 2.44. The molecular weight excluding hydrogens is 154 g/mol. The Morgan fingerprint density at radius 2 is 2.33 bits per heavy atom. The van der Waals surface area contributed by atoms with Gasteiger partial charge in [-0.2, -0.15) is 0 Å². The lowest BCUT2D eigenvalue weighted by molar-refractivity contribution is 0.146. The highest BCUT2D eigenvalue weighted by Gasteiger charge is 2.24. The van der Waals surface area contributed by atoms with Crippen LogP contribution in [-0.4, -0.2) is 18.7 Å². The highest BCUT2D eigenvalue weighted by Crippen LogP contribution is 2.24. The summed E-state index contributed by atoms with van der Waals surface area (Å²) in [7, 11) is 0. The van der Waals surface area contributed by atoms with Gasteiger partial charge in [-0.3, -0.25) is 0 Å². The lowest BCUT2D eigenvalue weighted by Crippen LogP contribution is -2.36. The van der Waals surface area contributed by atoms with Gasteiger partial charge >= 0.3 is 6.09 Å². The summed E-state index contributed by atoms with van der Waals surface area (Å²) in [4.78, 5) is 11.0. The van der Waals surface area contributed by atoms with Gasteiger partial charge in [0, 0.05) is 6.04 Å². The van der Waals surface area contributed by atoms with Gasteiger partial charge in [-0.25, -0.2) is 4.79 Å². The van der Waals surface area contributed by atoms with Gasteiger partial charge in [-0.05, 0) is 25.7 Å². The Balaban J connectivity index is 2.25. The summed E-state index contributed by atoms with van der Waals surface area (Å²) in [6, 6.07) is 0.337. The second-order valence-electron chi connectivity index (χ2n) is 3.38. The molecule has 1 saturated carbocycles. The quantitative estimate of drug-likeness (QED) is 0.689. The topological polar surface area (TPSA) is 38.3 Å². The molecule has 2 atom stereocenters. The Morgan fingerprint density at radius 3 is 2.83 bits per heavy atom. The number of hydrogen-bond acceptors (Lipinski definition) is 2. The van der Waals surface area contributed by atoms with Gasteiger partial charge < -0.3 is 10.1 Å². The molecule has 12 heavy (non-hydrogen) atoms. The normalized spacial score (nSPS) is 28.5. The minimum Gasteiger partial charge on any atom is -0.450 e. The van der Waals surface area contributed by atoms with Crippen molar-refractivity contribution in [2.45, 2.75) is 39.2 Å². The van der Waals surface area contributed by atoms with Crippen LogP contribution in [-0.2, 0) is 4.74 Å². The zero-order chi connectivity index (χ0) is 8.97. The van der Waals surface area contributed by atoms with E-state index in [0.717, 1.165) is 6.42 Å². The molecule has 3 nitrogen and oxygen atoms in total. The summed E-state index contributed by atoms with van der Waals surface area (Å²) in [5.74, 6) is 0.606. The lowest BCUT2D eigenvalue weighted by atomic mass is 10.1. The molecule has 0 aromatic heterocycles. The predicted molar refractivity (Wildman–Crippen MR) is 47.0 cm³/mol. The van der Waals surface area contributed by atoms with E-state index in [9.17, 15) is 4.79 Å². The molecule has 70 valence electrons. The Morgan fingerprint density at radius 1 is 1.58 bits per heavy atom. The molecule has 1 N–H and O–H groups in total. The Kier molecular flexibility index (Phi) is 3.38. The van der Waals surface area contributed by atoms with Crippen molar-refractivity contribution in [3.05, 3.63) is 0 Å². The molecule has 1 fully saturated rings. The van der Waals surface area contributed by atoms with Gasteiger partial charge in [-0.1, -0.05) is 13.3 Å². The van der Waals surface area contributed by atoms with Gasteiger partial charge in [0.05, 0.1) is 6.61 Å². The van der Waals surface area contributed by atoms with E-state index in [4.69, 9.17) is 4.74 Å². The highest BCUT2D eigenvalue weighted by molar-refractivity contribution is 5.67. The highest BCUT2D eigenvalue weighted by atomic mass is 16.5. The SMILES string of the molecule is CCOC(=O)NC1CCCC1C. The van der Waals surface area contributed by atoms with Crippen LogP contribution in [0.15, 0.2) is 0 Å². The molecule has 1 aliphatic carbocycles. The molecule has 0 bridgehead atoms. The number of alkyl carbamates (subject to hydrolysis) is 1. The number of ether oxygens (including phenoxy) is 1. The van der Waals surface area contributed by atoms with Crippen molar-refractivity contribution < 1.29 is 9.53 Å². The Labute approximate surface area is 73.5 Å². The molecule has 0 radical (unpaired) electrons. The van der Waals surface area contributed by atoms with Crippen molar-refractivity contribution >= 4 is 6.09 Å². The van der Waals surface area contributed by atoms with Crippen LogP contribution in [0.3, 0.4) is 0 Å². The fraction of sp³-hybridized carbons (Fsp3) is 0.889. The fourth-order valence-corrected chi connectivity index (χ4v) is 1.68. The van der Waals surface area contributed by atoms with E-state index < -0.39 is 0 Å². The fourth-order valence-electron chi connectivity index (χ4n) is 1.68. The first-order valence-electron chi connectivity index (χ1n) is 4.67. The van der Waals surface area contributed by atoms with Crippen molar-refractivity contribution in [3.8, 4) is 0 Å². The average molecular weight is 171 g/mol. The summed E-state index contributed by atoms with van der Waals surface area (Å²) < 4.78 is 4.80. The van der Waals surface area contributed by atoms with Crippen molar-refractivity contribution in [2.24, 2.45) is 5.92 Å². The van der Waals surface area contributed by atoms with Gasteiger partial charge in [0.15, 0.2) is 0 Å². The predicted octanol–water partition coefficient (Wildman–Crippen LogP) is 1.92. The monoisotopic (exact) mass is 171 g/mol. The third-order valence-electron chi connectivity index (χ3n) is 2.44. The third kappa shape index (κ3) is 2.40. The lowest BCUT2D eigenvalue weighted by Gasteiger charge is -2.16. The van der Waals surface area contributed by atoms with Gasteiger partial charge in [0.1, 0.15) is 0 Å². The van der Waals surface area contributed by atoms with E-state index in [1.54, 1.807) is 0 Å². The number of hydrogen-bond donors (Lipinski definition) is 1. The second kappa shape index (κ2) is 4.33. The number of carbonyl (C=O) groups excluding carboxylic acids is 1. The molecule has 3 heteroatoms. The van der Waals surface area contributed by atoms with Crippen LogP contribution in [0.5, 0.6) is 0 Å². The summed E-state index contributed by atoms with van der Waals surface area (Å²) >= 11 is 0. The van der Waals surface area contributed by atoms with E-state index in [1.807, 2.05) is 6.92 Å². The molecule has 0 aromatic carbocycles. The smallest absolute Gasteiger partial charge is 0.407 e. The standard InChI is InChI=1S/C9H17NO2/c1-3-12-9(11)10-8-6-4-5-7(8)2/h7-8H,3-6H2,1-2H3,(H,10,11). The van der Waals surface area contributed by atoms with Crippen LogP contribution in [0.4, 0.5) is 4.79 Å². The molecule has 2 unspecified atom stereocenters. The number of rotatable bonds is 2. The molecule has 0 saturated heterocycles. The van der Waals surface area contributed by atoms with E-state index >= 15 is 0 Å². The first kappa shape index (κ1) is 9.36. The van der Waals surface area contributed by atoms with Crippen molar-refractivity contribution in [3.63, 3.8) is 0 Å². The zero-order valence-corrected chi connectivity index (χ0v) is 7.80. The van der Waals surface area contributed by atoms with Crippen LogP contribution in [0, 0.1) is 5.92 Å². The number of carbonyl (C=O) groups is 1. The maximum Gasteiger partial charge on any atom is 0.407 e. The first-order valence-corrected chi connectivity index (χ1v) is 4.67. The summed E-state index contributed by atoms with van der Waals surface area (Å²) in [6.07, 6.45) is 3.27. The molecule has 0 heterocycles. The molecule has 0 aliphatic heterocycles. The van der Waals surface area contributed by atoms with Crippen molar-refractivity contribution in [1.82, 2.24) is 5.32 Å². The van der Waals surface area contributed by atoms with Crippen molar-refractivity contribution in [1.29, 1.82) is 0 Å². The molecular formula is C9H17NO2. The van der Waals surface area contributed by atoms with Crippen LogP contribution in [0.1, 0.15) is 33.1 Å². The minimum absolute atomic E-state index is 0.267. The minimum atomic E-state index is -0.267. The van der Waals surface area contributed by atoms with Gasteiger partial charge in [0.25, 0.3) is 0 Å². The van der Waals surface area contributed by atoms with Crippen LogP contribution < -0.4 is 5.32 Å². The average Bonchev–Trinajstić information content (AvgIpc) is 2.37. The zero-order valence-electron chi connectivity index (χ0n) is 7.80. The van der Waals surface area contributed by atoms with Crippen LogP contribution in [0.25, 0.3) is 0 Å². The summed E-state index contributed by atoms with van der Waals surface area (Å²) in [6.45, 7) is 4.44. The van der Waals surface area contributed by atoms with E-state index in [2.05, 4.69) is 12.2 Å². The number of amides is 1. The molecule has 1 aliphatic rings. The van der Waals surface area contributed by atoms with Gasteiger partial charge in [0.2, 0.25) is 0 Å². The second-order valence-corrected chi connectivity index (χ2v) is 3.38. The maximum absolute atomic E-state index is 11.0. The maximum atomic E-state index is 11.0. The van der Waals surface area contributed by atoms with Crippen LogP contribution >= 0.6 is 0 Å². The Bertz CT molecular complexity index is 159. The van der Waals surface area contributed by atoms with E-state index in [1.165, 1.54) is 12.8 Å². The molecule has 1 rings (SSSR count). The first-order chi connectivity index (χ1) is 5.74. The number of nitrogens with one attached hydrogen (secondary N) is 1.